The Bertz CT molecular complexity index is 644. The van der Waals surface area contributed by atoms with Crippen molar-refractivity contribution in [3.8, 4) is 11.5 Å². The highest BCUT2D eigenvalue weighted by atomic mass is 16.5. The van der Waals surface area contributed by atoms with Crippen LogP contribution >= 0.6 is 0 Å². The van der Waals surface area contributed by atoms with Crippen molar-refractivity contribution in [1.82, 2.24) is 0 Å². The zero-order chi connectivity index (χ0) is 16.7. The van der Waals surface area contributed by atoms with Crippen molar-refractivity contribution < 1.29 is 14.3 Å². The zero-order valence-corrected chi connectivity index (χ0v) is 13.7. The Hall–Kier alpha value is -2.69. The Balaban J connectivity index is 2.25. The molecule has 0 heterocycles. The van der Waals surface area contributed by atoms with Crippen LogP contribution < -0.4 is 19.7 Å². The fraction of sp³-hybridized carbons (Fsp3) is 0.278. The molecule has 5 nitrogen and oxygen atoms in total. The van der Waals surface area contributed by atoms with Gasteiger partial charge in [-0.2, -0.15) is 0 Å². The highest BCUT2D eigenvalue weighted by Crippen LogP contribution is 2.31. The predicted molar refractivity (Wildman–Crippen MR) is 92.6 cm³/mol. The number of hydrogen-bond acceptors (Lipinski definition) is 3. The lowest BCUT2D eigenvalue weighted by atomic mass is 10.2. The number of anilines is 2. The lowest BCUT2D eigenvalue weighted by Crippen LogP contribution is -2.35. The van der Waals surface area contributed by atoms with E-state index in [0.29, 0.717) is 18.0 Å². The van der Waals surface area contributed by atoms with Crippen molar-refractivity contribution in [1.29, 1.82) is 0 Å². The molecular weight excluding hydrogens is 292 g/mol. The van der Waals surface area contributed by atoms with Gasteiger partial charge in [-0.1, -0.05) is 25.1 Å². The largest absolute Gasteiger partial charge is 0.493 e. The van der Waals surface area contributed by atoms with Gasteiger partial charge >= 0.3 is 6.03 Å². The minimum Gasteiger partial charge on any atom is -0.493 e. The van der Waals surface area contributed by atoms with Crippen LogP contribution in [0.2, 0.25) is 0 Å². The van der Waals surface area contributed by atoms with Gasteiger partial charge in [0.25, 0.3) is 0 Å². The summed E-state index contributed by atoms with van der Waals surface area (Å²) >= 11 is 0. The molecule has 2 aromatic rings. The number of carbonyl (C=O) groups is 1. The van der Waals surface area contributed by atoms with Gasteiger partial charge in [-0.3, -0.25) is 4.90 Å². The third-order valence-electron chi connectivity index (χ3n) is 3.40. The predicted octanol–water partition coefficient (Wildman–Crippen LogP) is 4.15. The number of benzene rings is 2. The second kappa shape index (κ2) is 8.08. The molecular formula is C18H22N2O3. The average Bonchev–Trinajstić information content (AvgIpc) is 2.59. The van der Waals surface area contributed by atoms with Crippen LogP contribution in [-0.2, 0) is 0 Å². The minimum atomic E-state index is -0.176. The Morgan fingerprint density at radius 1 is 1.04 bits per heavy atom. The Labute approximate surface area is 136 Å². The molecule has 0 atom stereocenters. The van der Waals surface area contributed by atoms with E-state index in [1.165, 1.54) is 0 Å². The second-order valence-corrected chi connectivity index (χ2v) is 4.99. The van der Waals surface area contributed by atoms with Gasteiger partial charge < -0.3 is 14.8 Å². The van der Waals surface area contributed by atoms with Gasteiger partial charge in [0.1, 0.15) is 0 Å². The first-order chi connectivity index (χ1) is 11.2. The highest BCUT2D eigenvalue weighted by Gasteiger charge is 2.17. The maximum atomic E-state index is 12.6. The van der Waals surface area contributed by atoms with E-state index in [4.69, 9.17) is 9.47 Å². The topological polar surface area (TPSA) is 50.8 Å². The summed E-state index contributed by atoms with van der Waals surface area (Å²) in [7, 11) is 3.17. The first-order valence-electron chi connectivity index (χ1n) is 7.55. The maximum absolute atomic E-state index is 12.6. The van der Waals surface area contributed by atoms with Crippen LogP contribution in [0.4, 0.5) is 16.2 Å². The normalized spacial score (nSPS) is 10.0. The SMILES string of the molecule is CCCN(C(=O)Nc1ccccc1)c1ccc(OC)c(OC)c1. The van der Waals surface area contributed by atoms with Crippen molar-refractivity contribution in [2.24, 2.45) is 0 Å². The third kappa shape index (κ3) is 4.16. The summed E-state index contributed by atoms with van der Waals surface area (Å²) in [6, 6.07) is 14.7. The summed E-state index contributed by atoms with van der Waals surface area (Å²) in [5.41, 5.74) is 1.53. The van der Waals surface area contributed by atoms with Crippen molar-refractivity contribution in [3.63, 3.8) is 0 Å². The molecule has 0 aromatic heterocycles. The van der Waals surface area contributed by atoms with E-state index in [2.05, 4.69) is 5.32 Å². The first kappa shape index (κ1) is 16.7. The molecule has 0 spiro atoms. The number of rotatable bonds is 6. The molecule has 0 aliphatic heterocycles. The van der Waals surface area contributed by atoms with E-state index in [0.717, 1.165) is 17.8 Å². The number of para-hydroxylation sites is 1. The molecule has 2 rings (SSSR count). The monoisotopic (exact) mass is 314 g/mol. The van der Waals surface area contributed by atoms with Gasteiger partial charge in [-0.05, 0) is 30.7 Å². The van der Waals surface area contributed by atoms with E-state index < -0.39 is 0 Å². The molecule has 1 N–H and O–H groups in total. The van der Waals surface area contributed by atoms with E-state index in [9.17, 15) is 4.79 Å². The molecule has 2 aromatic carbocycles. The van der Waals surface area contributed by atoms with Gasteiger partial charge in [-0.15, -0.1) is 0 Å². The number of nitrogens with zero attached hydrogens (tertiary/aromatic N) is 1. The van der Waals surface area contributed by atoms with Gasteiger partial charge in [0.05, 0.1) is 14.2 Å². The van der Waals surface area contributed by atoms with Crippen LogP contribution in [0, 0.1) is 0 Å². The van der Waals surface area contributed by atoms with Crippen molar-refractivity contribution in [3.05, 3.63) is 48.5 Å². The quantitative estimate of drug-likeness (QED) is 0.871. The molecule has 2 amide bonds. The fourth-order valence-corrected chi connectivity index (χ4v) is 2.28. The fourth-order valence-electron chi connectivity index (χ4n) is 2.28. The molecule has 5 heteroatoms. The van der Waals surface area contributed by atoms with Crippen molar-refractivity contribution >= 4 is 17.4 Å². The van der Waals surface area contributed by atoms with Crippen LogP contribution in [0.3, 0.4) is 0 Å². The third-order valence-corrected chi connectivity index (χ3v) is 3.40. The van der Waals surface area contributed by atoms with Crippen LogP contribution in [0.15, 0.2) is 48.5 Å². The molecule has 0 bridgehead atoms. The molecule has 122 valence electrons. The Morgan fingerprint density at radius 2 is 1.74 bits per heavy atom. The number of ether oxygens (including phenoxy) is 2. The van der Waals surface area contributed by atoms with Gasteiger partial charge in [0.2, 0.25) is 0 Å². The van der Waals surface area contributed by atoms with Gasteiger partial charge in [-0.25, -0.2) is 4.79 Å². The smallest absolute Gasteiger partial charge is 0.326 e. The Kier molecular flexibility index (Phi) is 5.86. The summed E-state index contributed by atoms with van der Waals surface area (Å²) < 4.78 is 10.6. The summed E-state index contributed by atoms with van der Waals surface area (Å²) in [5, 5.41) is 2.91. The number of methoxy groups -OCH3 is 2. The minimum absolute atomic E-state index is 0.176. The maximum Gasteiger partial charge on any atom is 0.326 e. The number of carbonyl (C=O) groups excluding carboxylic acids is 1. The average molecular weight is 314 g/mol. The van der Waals surface area contributed by atoms with E-state index in [1.807, 2.05) is 43.3 Å². The molecule has 0 aliphatic carbocycles. The number of hydrogen-bond donors (Lipinski definition) is 1. The molecule has 0 aliphatic rings. The second-order valence-electron chi connectivity index (χ2n) is 4.99. The first-order valence-corrected chi connectivity index (χ1v) is 7.55. The van der Waals surface area contributed by atoms with Crippen LogP contribution in [0.25, 0.3) is 0 Å². The van der Waals surface area contributed by atoms with E-state index >= 15 is 0 Å². The van der Waals surface area contributed by atoms with Crippen LogP contribution in [0.1, 0.15) is 13.3 Å². The molecule has 0 unspecified atom stereocenters. The van der Waals surface area contributed by atoms with Crippen molar-refractivity contribution in [2.45, 2.75) is 13.3 Å². The van der Waals surface area contributed by atoms with Crippen LogP contribution in [-0.4, -0.2) is 26.8 Å². The molecule has 23 heavy (non-hydrogen) atoms. The summed E-state index contributed by atoms with van der Waals surface area (Å²) in [6.45, 7) is 2.64. The van der Waals surface area contributed by atoms with Crippen LogP contribution in [0.5, 0.6) is 11.5 Å². The standard InChI is InChI=1S/C18H22N2O3/c1-4-12-20(18(21)19-14-8-6-5-7-9-14)15-10-11-16(22-2)17(13-15)23-3/h5-11,13H,4,12H2,1-3H3,(H,19,21). The number of amides is 2. The summed E-state index contributed by atoms with van der Waals surface area (Å²) in [4.78, 5) is 14.3. The number of nitrogens with one attached hydrogen (secondary N) is 1. The molecule has 0 radical (unpaired) electrons. The zero-order valence-electron chi connectivity index (χ0n) is 13.7. The summed E-state index contributed by atoms with van der Waals surface area (Å²) in [5.74, 6) is 1.23. The Morgan fingerprint density at radius 3 is 2.35 bits per heavy atom. The van der Waals surface area contributed by atoms with Crippen molar-refractivity contribution in [2.75, 3.05) is 31.0 Å². The van der Waals surface area contributed by atoms with Gasteiger partial charge in [0.15, 0.2) is 11.5 Å². The van der Waals surface area contributed by atoms with E-state index in [-0.39, 0.29) is 6.03 Å². The lowest BCUT2D eigenvalue weighted by molar-refractivity contribution is 0.257. The highest BCUT2D eigenvalue weighted by molar-refractivity contribution is 6.01. The summed E-state index contributed by atoms with van der Waals surface area (Å²) in [6.07, 6.45) is 0.844. The molecule has 0 saturated heterocycles. The lowest BCUT2D eigenvalue weighted by Gasteiger charge is -2.23. The van der Waals surface area contributed by atoms with E-state index in [1.54, 1.807) is 31.3 Å². The number of urea groups is 1. The van der Waals surface area contributed by atoms with Gasteiger partial charge in [0, 0.05) is 24.0 Å². The molecule has 0 fully saturated rings. The molecule has 0 saturated carbocycles.